The number of rotatable bonds is 2. The lowest BCUT2D eigenvalue weighted by Gasteiger charge is -2.19. The zero-order valence-electron chi connectivity index (χ0n) is 12.4. The second kappa shape index (κ2) is 5.34. The number of hydrogen-bond acceptors (Lipinski definition) is 2. The van der Waals surface area contributed by atoms with E-state index in [1.807, 2.05) is 31.2 Å². The minimum atomic E-state index is -0.505. The van der Waals surface area contributed by atoms with Crippen molar-refractivity contribution in [3.05, 3.63) is 81.7 Å². The first-order valence-electron chi connectivity index (χ1n) is 7.11. The van der Waals surface area contributed by atoms with E-state index >= 15 is 0 Å². The molecule has 22 heavy (non-hydrogen) atoms. The second-order valence-corrected chi connectivity index (χ2v) is 5.61. The van der Waals surface area contributed by atoms with Crippen LogP contribution in [0.2, 0.25) is 0 Å². The molecule has 0 saturated carbocycles. The van der Waals surface area contributed by atoms with Crippen LogP contribution in [0.5, 0.6) is 0 Å². The molecule has 0 fully saturated rings. The summed E-state index contributed by atoms with van der Waals surface area (Å²) in [6.07, 6.45) is 0.410. The molecule has 1 aliphatic carbocycles. The third-order valence-corrected chi connectivity index (χ3v) is 4.04. The molecule has 0 unspecified atom stereocenters. The molecule has 0 atom stereocenters. The number of allylic oxidation sites excluding steroid dienone is 2. The Morgan fingerprint density at radius 2 is 1.55 bits per heavy atom. The van der Waals surface area contributed by atoms with Crippen molar-refractivity contribution < 1.29 is 14.0 Å². The molecule has 0 bridgehead atoms. The first-order chi connectivity index (χ1) is 10.5. The summed E-state index contributed by atoms with van der Waals surface area (Å²) in [6.45, 7) is 3.63. The third-order valence-electron chi connectivity index (χ3n) is 4.04. The first-order valence-corrected chi connectivity index (χ1v) is 7.11. The van der Waals surface area contributed by atoms with Gasteiger partial charge in [-0.1, -0.05) is 29.8 Å². The van der Waals surface area contributed by atoms with Crippen LogP contribution in [0.4, 0.5) is 4.39 Å². The molecule has 0 heterocycles. The summed E-state index contributed by atoms with van der Waals surface area (Å²) in [6, 6.07) is 11.6. The van der Waals surface area contributed by atoms with Crippen LogP contribution in [0.25, 0.3) is 0 Å². The molecule has 3 heteroatoms. The molecule has 0 amide bonds. The highest BCUT2D eigenvalue weighted by atomic mass is 19.1. The highest BCUT2D eigenvalue weighted by molar-refractivity contribution is 6.26. The van der Waals surface area contributed by atoms with Crippen molar-refractivity contribution in [2.45, 2.75) is 20.3 Å². The standard InChI is InChI=1S/C19H15FO2/c1-11-3-5-13(6-4-11)9-16-12(2)18(21)17-10-14(20)7-8-15(17)19(16)22/h3-8,10H,9H2,1-2H3. The highest BCUT2D eigenvalue weighted by Crippen LogP contribution is 2.28. The van der Waals surface area contributed by atoms with E-state index in [4.69, 9.17) is 0 Å². The molecule has 2 aromatic rings. The van der Waals surface area contributed by atoms with Gasteiger partial charge < -0.3 is 0 Å². The van der Waals surface area contributed by atoms with Gasteiger partial charge in [0.2, 0.25) is 0 Å². The van der Waals surface area contributed by atoms with Crippen molar-refractivity contribution in [2.75, 3.05) is 0 Å². The number of aryl methyl sites for hydroxylation is 1. The van der Waals surface area contributed by atoms with Crippen molar-refractivity contribution in [1.82, 2.24) is 0 Å². The number of hydrogen-bond donors (Lipinski definition) is 0. The van der Waals surface area contributed by atoms with Gasteiger partial charge in [0.1, 0.15) is 5.82 Å². The maximum Gasteiger partial charge on any atom is 0.190 e. The Morgan fingerprint density at radius 3 is 2.23 bits per heavy atom. The molecule has 0 aromatic heterocycles. The fourth-order valence-electron chi connectivity index (χ4n) is 2.70. The molecule has 0 saturated heterocycles. The van der Waals surface area contributed by atoms with E-state index < -0.39 is 5.82 Å². The van der Waals surface area contributed by atoms with Crippen LogP contribution < -0.4 is 0 Å². The lowest BCUT2D eigenvalue weighted by atomic mass is 9.82. The number of carbonyl (C=O) groups excluding carboxylic acids is 2. The van der Waals surface area contributed by atoms with Gasteiger partial charge >= 0.3 is 0 Å². The quantitative estimate of drug-likeness (QED) is 0.836. The van der Waals surface area contributed by atoms with E-state index in [0.29, 0.717) is 23.1 Å². The molecule has 1 aliphatic rings. The highest BCUT2D eigenvalue weighted by Gasteiger charge is 2.30. The largest absolute Gasteiger partial charge is 0.289 e. The Bertz CT molecular complexity index is 814. The SMILES string of the molecule is CC1=C(Cc2ccc(C)cc2)C(=O)c2ccc(F)cc2C1=O. The monoisotopic (exact) mass is 294 g/mol. The summed E-state index contributed by atoms with van der Waals surface area (Å²) in [4.78, 5) is 25.0. The van der Waals surface area contributed by atoms with E-state index in [-0.39, 0.29) is 17.1 Å². The zero-order valence-corrected chi connectivity index (χ0v) is 12.4. The summed E-state index contributed by atoms with van der Waals surface area (Å²) in [5.41, 5.74) is 3.47. The number of fused-ring (bicyclic) bond motifs is 1. The number of carbonyl (C=O) groups is 2. The van der Waals surface area contributed by atoms with Gasteiger partial charge in [0.05, 0.1) is 0 Å². The summed E-state index contributed by atoms with van der Waals surface area (Å²) in [7, 11) is 0. The van der Waals surface area contributed by atoms with Crippen LogP contribution in [0.15, 0.2) is 53.6 Å². The van der Waals surface area contributed by atoms with Gasteiger partial charge in [0, 0.05) is 28.7 Å². The molecule has 2 aromatic carbocycles. The van der Waals surface area contributed by atoms with E-state index in [1.165, 1.54) is 12.1 Å². The molecular weight excluding hydrogens is 279 g/mol. The summed E-state index contributed by atoms with van der Waals surface area (Å²) in [5, 5.41) is 0. The molecule has 2 nitrogen and oxygen atoms in total. The van der Waals surface area contributed by atoms with Crippen LogP contribution >= 0.6 is 0 Å². The Hall–Kier alpha value is -2.55. The fourth-order valence-corrected chi connectivity index (χ4v) is 2.70. The van der Waals surface area contributed by atoms with Crippen LogP contribution in [0.3, 0.4) is 0 Å². The molecular formula is C19H15FO2. The van der Waals surface area contributed by atoms with E-state index in [2.05, 4.69) is 0 Å². The average molecular weight is 294 g/mol. The van der Waals surface area contributed by atoms with Crippen molar-refractivity contribution in [3.63, 3.8) is 0 Å². The maximum absolute atomic E-state index is 13.3. The van der Waals surface area contributed by atoms with Crippen LogP contribution in [0.1, 0.15) is 38.8 Å². The van der Waals surface area contributed by atoms with Gasteiger partial charge in [-0.25, -0.2) is 4.39 Å². The molecule has 0 spiro atoms. The van der Waals surface area contributed by atoms with E-state index in [9.17, 15) is 14.0 Å². The smallest absolute Gasteiger partial charge is 0.190 e. The van der Waals surface area contributed by atoms with Gasteiger partial charge in [0.15, 0.2) is 11.6 Å². The summed E-state index contributed by atoms with van der Waals surface area (Å²) in [5.74, 6) is -0.960. The predicted molar refractivity (Wildman–Crippen MR) is 82.6 cm³/mol. The van der Waals surface area contributed by atoms with Crippen LogP contribution in [-0.2, 0) is 6.42 Å². The van der Waals surface area contributed by atoms with Crippen LogP contribution in [0, 0.1) is 12.7 Å². The minimum absolute atomic E-state index is 0.162. The third kappa shape index (κ3) is 2.39. The molecule has 110 valence electrons. The van der Waals surface area contributed by atoms with Crippen LogP contribution in [-0.4, -0.2) is 11.6 Å². The Balaban J connectivity index is 2.03. The lowest BCUT2D eigenvalue weighted by Crippen LogP contribution is -2.22. The Kier molecular flexibility index (Phi) is 3.49. The van der Waals surface area contributed by atoms with Gasteiger partial charge in [0.25, 0.3) is 0 Å². The Labute approximate surface area is 128 Å². The number of Topliss-reactive ketones (excluding diaryl/α,β-unsaturated/α-hetero) is 2. The molecule has 0 N–H and O–H groups in total. The summed E-state index contributed by atoms with van der Waals surface area (Å²) >= 11 is 0. The summed E-state index contributed by atoms with van der Waals surface area (Å²) < 4.78 is 13.3. The van der Waals surface area contributed by atoms with Crippen molar-refractivity contribution in [2.24, 2.45) is 0 Å². The Morgan fingerprint density at radius 1 is 0.864 bits per heavy atom. The van der Waals surface area contributed by atoms with Crippen molar-refractivity contribution in [3.8, 4) is 0 Å². The number of benzene rings is 2. The minimum Gasteiger partial charge on any atom is -0.289 e. The van der Waals surface area contributed by atoms with Gasteiger partial charge in [-0.15, -0.1) is 0 Å². The lowest BCUT2D eigenvalue weighted by molar-refractivity contribution is 0.0972. The van der Waals surface area contributed by atoms with Crippen molar-refractivity contribution in [1.29, 1.82) is 0 Å². The predicted octanol–water partition coefficient (Wildman–Crippen LogP) is 4.07. The average Bonchev–Trinajstić information content (AvgIpc) is 2.51. The fraction of sp³-hybridized carbons (Fsp3) is 0.158. The van der Waals surface area contributed by atoms with E-state index in [0.717, 1.165) is 17.2 Å². The van der Waals surface area contributed by atoms with E-state index in [1.54, 1.807) is 6.92 Å². The topological polar surface area (TPSA) is 34.1 Å². The van der Waals surface area contributed by atoms with Gasteiger partial charge in [-0.05, 0) is 37.6 Å². The van der Waals surface area contributed by atoms with Gasteiger partial charge in [-0.3, -0.25) is 9.59 Å². The number of halogens is 1. The zero-order chi connectivity index (χ0) is 15.9. The van der Waals surface area contributed by atoms with Crippen molar-refractivity contribution >= 4 is 11.6 Å². The molecule has 3 rings (SSSR count). The number of ketones is 2. The second-order valence-electron chi connectivity index (χ2n) is 5.61. The molecule has 0 radical (unpaired) electrons. The normalized spacial score (nSPS) is 14.3. The molecule has 0 aliphatic heterocycles. The maximum atomic E-state index is 13.3. The first kappa shape index (κ1) is 14.4. The van der Waals surface area contributed by atoms with Gasteiger partial charge in [-0.2, -0.15) is 0 Å².